The number of nitrogens with one attached hydrogen (secondary N) is 1. The molecule has 0 aliphatic carbocycles. The number of rotatable bonds is 6. The zero-order chi connectivity index (χ0) is 14.5. The minimum atomic E-state index is 0.0513. The van der Waals surface area contributed by atoms with Crippen LogP contribution in [0, 0.1) is 5.92 Å². The van der Waals surface area contributed by atoms with Crippen LogP contribution in [0.2, 0.25) is 0 Å². The Morgan fingerprint density at radius 1 is 1.65 bits per heavy atom. The number of carbonyl (C=O) groups excluding carboxylic acids is 1. The Bertz CT molecular complexity index is 448. The molecule has 5 nitrogen and oxygen atoms in total. The van der Waals surface area contributed by atoms with Crippen molar-refractivity contribution in [3.8, 4) is 0 Å². The van der Waals surface area contributed by atoms with E-state index in [9.17, 15) is 4.79 Å². The van der Waals surface area contributed by atoms with Crippen LogP contribution in [0.3, 0.4) is 0 Å². The van der Waals surface area contributed by atoms with Crippen LogP contribution < -0.4 is 10.2 Å². The predicted octanol–water partition coefficient (Wildman–Crippen LogP) is 1.56. The maximum Gasteiger partial charge on any atom is 0.225 e. The van der Waals surface area contributed by atoms with Gasteiger partial charge in [0, 0.05) is 31.9 Å². The number of amides is 1. The SMILES string of the molecule is CCN(C(C)=O)c1nc(CNCC2CCN(C)C2)cs1. The van der Waals surface area contributed by atoms with Crippen LogP contribution in [0.4, 0.5) is 5.13 Å². The van der Waals surface area contributed by atoms with Crippen molar-refractivity contribution in [2.75, 3.05) is 38.1 Å². The van der Waals surface area contributed by atoms with E-state index in [0.717, 1.165) is 29.8 Å². The molecule has 0 spiro atoms. The second-order valence-corrected chi connectivity index (χ2v) is 6.27. The molecule has 1 atom stereocenters. The zero-order valence-corrected chi connectivity index (χ0v) is 13.4. The van der Waals surface area contributed by atoms with Gasteiger partial charge in [0.2, 0.25) is 5.91 Å². The fourth-order valence-electron chi connectivity index (χ4n) is 2.59. The van der Waals surface area contributed by atoms with E-state index in [-0.39, 0.29) is 5.91 Å². The first-order chi connectivity index (χ1) is 9.60. The monoisotopic (exact) mass is 296 g/mol. The Balaban J connectivity index is 1.79. The molecule has 1 aliphatic rings. The van der Waals surface area contributed by atoms with Crippen molar-refractivity contribution in [2.45, 2.75) is 26.8 Å². The first-order valence-corrected chi connectivity index (χ1v) is 8.10. The Kier molecular flexibility index (Phi) is 5.51. The highest BCUT2D eigenvalue weighted by Crippen LogP contribution is 2.20. The van der Waals surface area contributed by atoms with E-state index in [1.807, 2.05) is 12.3 Å². The third-order valence-electron chi connectivity index (χ3n) is 3.69. The predicted molar refractivity (Wildman–Crippen MR) is 83.1 cm³/mol. The van der Waals surface area contributed by atoms with E-state index < -0.39 is 0 Å². The van der Waals surface area contributed by atoms with Gasteiger partial charge < -0.3 is 10.2 Å². The Morgan fingerprint density at radius 2 is 2.45 bits per heavy atom. The smallest absolute Gasteiger partial charge is 0.225 e. The summed E-state index contributed by atoms with van der Waals surface area (Å²) in [5, 5.41) is 6.32. The average Bonchev–Trinajstić information content (AvgIpc) is 3.00. The molecule has 1 fully saturated rings. The lowest BCUT2D eigenvalue weighted by Crippen LogP contribution is -2.28. The third-order valence-corrected chi connectivity index (χ3v) is 4.61. The minimum Gasteiger partial charge on any atom is -0.311 e. The van der Waals surface area contributed by atoms with Gasteiger partial charge in [0.05, 0.1) is 5.69 Å². The van der Waals surface area contributed by atoms with Crippen LogP contribution in [-0.2, 0) is 11.3 Å². The van der Waals surface area contributed by atoms with Crippen LogP contribution in [0.5, 0.6) is 0 Å². The van der Waals surface area contributed by atoms with Gasteiger partial charge in [-0.2, -0.15) is 0 Å². The summed E-state index contributed by atoms with van der Waals surface area (Å²) in [6.07, 6.45) is 1.28. The molecule has 6 heteroatoms. The van der Waals surface area contributed by atoms with E-state index in [1.54, 1.807) is 11.8 Å². The second kappa shape index (κ2) is 7.15. The summed E-state index contributed by atoms with van der Waals surface area (Å²) in [5.41, 5.74) is 1.02. The molecule has 1 aromatic heterocycles. The number of thiazole rings is 1. The lowest BCUT2D eigenvalue weighted by molar-refractivity contribution is -0.116. The van der Waals surface area contributed by atoms with Crippen molar-refractivity contribution < 1.29 is 4.79 Å². The van der Waals surface area contributed by atoms with Gasteiger partial charge in [-0.3, -0.25) is 9.69 Å². The largest absolute Gasteiger partial charge is 0.311 e. The van der Waals surface area contributed by atoms with Crippen LogP contribution in [0.25, 0.3) is 0 Å². The molecule has 2 rings (SSSR count). The van der Waals surface area contributed by atoms with E-state index in [4.69, 9.17) is 0 Å². The molecule has 1 saturated heterocycles. The number of aromatic nitrogens is 1. The van der Waals surface area contributed by atoms with Crippen molar-refractivity contribution in [2.24, 2.45) is 5.92 Å². The molecule has 2 heterocycles. The van der Waals surface area contributed by atoms with Crippen molar-refractivity contribution >= 4 is 22.4 Å². The number of nitrogens with zero attached hydrogens (tertiary/aromatic N) is 3. The summed E-state index contributed by atoms with van der Waals surface area (Å²) >= 11 is 1.54. The zero-order valence-electron chi connectivity index (χ0n) is 12.6. The van der Waals surface area contributed by atoms with E-state index in [2.05, 4.69) is 22.2 Å². The van der Waals surface area contributed by atoms with Crippen molar-refractivity contribution in [1.29, 1.82) is 0 Å². The molecule has 1 aromatic rings. The first kappa shape index (κ1) is 15.4. The average molecular weight is 296 g/mol. The van der Waals surface area contributed by atoms with Crippen LogP contribution in [0.15, 0.2) is 5.38 Å². The quantitative estimate of drug-likeness (QED) is 0.865. The summed E-state index contributed by atoms with van der Waals surface area (Å²) in [4.78, 5) is 20.1. The fraction of sp³-hybridized carbons (Fsp3) is 0.714. The van der Waals surface area contributed by atoms with E-state index in [1.165, 1.54) is 30.8 Å². The highest BCUT2D eigenvalue weighted by atomic mass is 32.1. The molecular formula is C14H24N4OS. The topological polar surface area (TPSA) is 48.5 Å². The molecule has 1 N–H and O–H groups in total. The highest BCUT2D eigenvalue weighted by molar-refractivity contribution is 7.14. The number of likely N-dealkylation sites (tertiary alicyclic amines) is 1. The fourth-order valence-corrected chi connectivity index (χ4v) is 3.52. The van der Waals surface area contributed by atoms with Gasteiger partial charge in [-0.25, -0.2) is 4.98 Å². The molecular weight excluding hydrogens is 272 g/mol. The van der Waals surface area contributed by atoms with Crippen molar-refractivity contribution in [1.82, 2.24) is 15.2 Å². The lowest BCUT2D eigenvalue weighted by atomic mass is 10.1. The normalized spacial score (nSPS) is 19.4. The number of hydrogen-bond donors (Lipinski definition) is 1. The van der Waals surface area contributed by atoms with E-state index in [0.29, 0.717) is 6.54 Å². The van der Waals surface area contributed by atoms with E-state index >= 15 is 0 Å². The summed E-state index contributed by atoms with van der Waals surface area (Å²) in [7, 11) is 2.17. The number of anilines is 1. The van der Waals surface area contributed by atoms with Gasteiger partial charge in [0.1, 0.15) is 0 Å². The molecule has 0 radical (unpaired) electrons. The molecule has 0 saturated carbocycles. The summed E-state index contributed by atoms with van der Waals surface area (Å²) in [6, 6.07) is 0. The van der Waals surface area contributed by atoms with Gasteiger partial charge in [0.25, 0.3) is 0 Å². The van der Waals surface area contributed by atoms with Crippen LogP contribution in [-0.4, -0.2) is 49.0 Å². The Hall–Kier alpha value is -0.980. The molecule has 0 bridgehead atoms. The molecule has 20 heavy (non-hydrogen) atoms. The third kappa shape index (κ3) is 4.01. The standard InChI is InChI=1S/C14H24N4OS/c1-4-18(11(2)19)14-16-13(10-20-14)8-15-7-12-5-6-17(3)9-12/h10,12,15H,4-9H2,1-3H3. The lowest BCUT2D eigenvalue weighted by Gasteiger charge is -2.14. The minimum absolute atomic E-state index is 0.0513. The number of carbonyl (C=O) groups is 1. The Morgan fingerprint density at radius 3 is 3.05 bits per heavy atom. The van der Waals surface area contributed by atoms with Gasteiger partial charge >= 0.3 is 0 Å². The van der Waals surface area contributed by atoms with Crippen LogP contribution in [0.1, 0.15) is 26.0 Å². The van der Waals surface area contributed by atoms with Crippen molar-refractivity contribution in [3.05, 3.63) is 11.1 Å². The summed E-state index contributed by atoms with van der Waals surface area (Å²) in [6.45, 7) is 8.44. The number of hydrogen-bond acceptors (Lipinski definition) is 5. The second-order valence-electron chi connectivity index (χ2n) is 5.43. The molecule has 1 unspecified atom stereocenters. The van der Waals surface area contributed by atoms with Gasteiger partial charge in [-0.15, -0.1) is 11.3 Å². The molecule has 1 aliphatic heterocycles. The van der Waals surface area contributed by atoms with Gasteiger partial charge in [0.15, 0.2) is 5.13 Å². The summed E-state index contributed by atoms with van der Waals surface area (Å²) < 4.78 is 0. The van der Waals surface area contributed by atoms with Gasteiger partial charge in [-0.1, -0.05) is 0 Å². The van der Waals surface area contributed by atoms with Crippen LogP contribution >= 0.6 is 11.3 Å². The van der Waals surface area contributed by atoms with Gasteiger partial charge in [-0.05, 0) is 39.4 Å². The molecule has 1 amide bonds. The first-order valence-electron chi connectivity index (χ1n) is 7.22. The summed E-state index contributed by atoms with van der Waals surface area (Å²) in [5.74, 6) is 0.804. The maximum absolute atomic E-state index is 11.5. The highest BCUT2D eigenvalue weighted by Gasteiger charge is 2.19. The maximum atomic E-state index is 11.5. The molecule has 112 valence electrons. The van der Waals surface area contributed by atoms with Crippen molar-refractivity contribution in [3.63, 3.8) is 0 Å². The molecule has 0 aromatic carbocycles. The Labute approximate surface area is 125 Å².